The number of pyridine rings is 2. The molecular formula is C29H26N8O. The molecule has 0 radical (unpaired) electrons. The molecule has 0 saturated carbocycles. The molecule has 1 aliphatic heterocycles. The van der Waals surface area contributed by atoms with Crippen molar-refractivity contribution in [3.8, 4) is 28.5 Å². The molecule has 0 spiro atoms. The van der Waals surface area contributed by atoms with E-state index in [2.05, 4.69) is 45.2 Å². The second-order valence-electron chi connectivity index (χ2n) is 9.42. The number of morpholine rings is 1. The zero-order valence-corrected chi connectivity index (χ0v) is 20.8. The average molecular weight is 503 g/mol. The molecule has 0 amide bonds. The number of ether oxygens (including phenoxy) is 1. The zero-order valence-electron chi connectivity index (χ0n) is 20.8. The van der Waals surface area contributed by atoms with Gasteiger partial charge in [0.25, 0.3) is 0 Å². The van der Waals surface area contributed by atoms with Gasteiger partial charge in [0.05, 0.1) is 36.9 Å². The van der Waals surface area contributed by atoms with Crippen molar-refractivity contribution in [2.24, 2.45) is 0 Å². The van der Waals surface area contributed by atoms with Gasteiger partial charge in [-0.2, -0.15) is 0 Å². The van der Waals surface area contributed by atoms with Crippen molar-refractivity contribution < 1.29 is 4.74 Å². The lowest BCUT2D eigenvalue weighted by Gasteiger charge is -2.27. The second-order valence-corrected chi connectivity index (χ2v) is 9.42. The summed E-state index contributed by atoms with van der Waals surface area (Å²) in [6.45, 7) is 2.96. The highest BCUT2D eigenvalue weighted by Crippen LogP contribution is 2.33. The smallest absolute Gasteiger partial charge is 0.165 e. The van der Waals surface area contributed by atoms with E-state index in [0.717, 1.165) is 59.9 Å². The third-order valence-corrected chi connectivity index (χ3v) is 7.10. The van der Waals surface area contributed by atoms with Crippen LogP contribution in [-0.4, -0.2) is 55.8 Å². The summed E-state index contributed by atoms with van der Waals surface area (Å²) in [4.78, 5) is 25.8. The standard InChI is InChI=1S/C29H26N8O/c30-27-22(5-2-12-32-27)28-35-24-11-10-23(25-17-31-18-26(33-25)36-13-15-38-16-14-36)34-29(24)37(28)21-8-6-20(7-9-21)19-3-1-4-19/h2-3,5-12,17-18H,1,4,13-16H2,(H2,30,32). The predicted octanol–water partition coefficient (Wildman–Crippen LogP) is 4.54. The third-order valence-electron chi connectivity index (χ3n) is 7.10. The van der Waals surface area contributed by atoms with Gasteiger partial charge in [-0.15, -0.1) is 0 Å². The molecule has 1 aliphatic carbocycles. The van der Waals surface area contributed by atoms with Crippen LogP contribution in [0.5, 0.6) is 0 Å². The summed E-state index contributed by atoms with van der Waals surface area (Å²) in [5.41, 5.74) is 13.5. The highest BCUT2D eigenvalue weighted by Gasteiger charge is 2.20. The number of anilines is 2. The van der Waals surface area contributed by atoms with E-state index in [9.17, 15) is 0 Å². The number of nitrogen functional groups attached to an aromatic ring is 1. The SMILES string of the molecule is Nc1ncccc1-c1nc2ccc(-c3cncc(N4CCOCC4)n3)nc2n1-c1ccc(C2=CCC2)cc1. The molecule has 5 heterocycles. The monoisotopic (exact) mass is 502 g/mol. The number of fused-ring (bicyclic) bond motifs is 1. The highest BCUT2D eigenvalue weighted by molar-refractivity contribution is 5.84. The van der Waals surface area contributed by atoms with Gasteiger partial charge in [0.1, 0.15) is 22.8 Å². The Kier molecular flexibility index (Phi) is 5.55. The van der Waals surface area contributed by atoms with Crippen LogP contribution < -0.4 is 10.6 Å². The minimum absolute atomic E-state index is 0.421. The predicted molar refractivity (Wildman–Crippen MR) is 148 cm³/mol. The second kappa shape index (κ2) is 9.35. The van der Waals surface area contributed by atoms with Gasteiger partial charge in [-0.1, -0.05) is 18.2 Å². The Morgan fingerprint density at radius 2 is 1.71 bits per heavy atom. The van der Waals surface area contributed by atoms with E-state index in [1.165, 1.54) is 11.1 Å². The minimum atomic E-state index is 0.421. The van der Waals surface area contributed by atoms with Gasteiger partial charge in [-0.05, 0) is 60.4 Å². The summed E-state index contributed by atoms with van der Waals surface area (Å²) in [5, 5.41) is 0. The number of rotatable bonds is 5. The van der Waals surface area contributed by atoms with Crippen LogP contribution in [0.4, 0.5) is 11.6 Å². The lowest BCUT2D eigenvalue weighted by atomic mass is 9.92. The number of imidazole rings is 1. The first-order valence-corrected chi connectivity index (χ1v) is 12.8. The molecule has 188 valence electrons. The number of benzene rings is 1. The number of hydrogen-bond acceptors (Lipinski definition) is 8. The Morgan fingerprint density at radius 3 is 2.47 bits per heavy atom. The van der Waals surface area contributed by atoms with Crippen molar-refractivity contribution in [2.75, 3.05) is 36.9 Å². The largest absolute Gasteiger partial charge is 0.383 e. The van der Waals surface area contributed by atoms with E-state index >= 15 is 0 Å². The average Bonchev–Trinajstić information content (AvgIpc) is 3.32. The van der Waals surface area contributed by atoms with E-state index in [-0.39, 0.29) is 0 Å². The molecule has 9 nitrogen and oxygen atoms in total. The molecule has 7 rings (SSSR count). The first-order valence-electron chi connectivity index (χ1n) is 12.8. The fourth-order valence-electron chi connectivity index (χ4n) is 4.93. The molecule has 38 heavy (non-hydrogen) atoms. The van der Waals surface area contributed by atoms with Crippen LogP contribution in [0.3, 0.4) is 0 Å². The molecule has 4 aromatic heterocycles. The molecule has 9 heteroatoms. The Bertz CT molecular complexity index is 1670. The molecule has 1 saturated heterocycles. The summed E-state index contributed by atoms with van der Waals surface area (Å²) in [7, 11) is 0. The lowest BCUT2D eigenvalue weighted by molar-refractivity contribution is 0.122. The van der Waals surface area contributed by atoms with Gasteiger partial charge < -0.3 is 15.4 Å². The van der Waals surface area contributed by atoms with Crippen molar-refractivity contribution in [2.45, 2.75) is 12.8 Å². The van der Waals surface area contributed by atoms with E-state index in [4.69, 9.17) is 25.4 Å². The highest BCUT2D eigenvalue weighted by atomic mass is 16.5. The molecule has 1 fully saturated rings. The fourth-order valence-corrected chi connectivity index (χ4v) is 4.93. The summed E-state index contributed by atoms with van der Waals surface area (Å²) in [6, 6.07) is 16.3. The minimum Gasteiger partial charge on any atom is -0.383 e. The van der Waals surface area contributed by atoms with E-state index < -0.39 is 0 Å². The van der Waals surface area contributed by atoms with E-state index in [1.807, 2.05) is 28.8 Å². The Hall–Kier alpha value is -4.63. The van der Waals surface area contributed by atoms with Crippen molar-refractivity contribution in [3.63, 3.8) is 0 Å². The summed E-state index contributed by atoms with van der Waals surface area (Å²) in [5.74, 6) is 1.94. The first-order chi connectivity index (χ1) is 18.7. The van der Waals surface area contributed by atoms with Gasteiger partial charge in [-0.3, -0.25) is 9.55 Å². The Labute approximate surface area is 219 Å². The topological polar surface area (TPSA) is 108 Å². The summed E-state index contributed by atoms with van der Waals surface area (Å²) in [6.07, 6.45) is 9.78. The normalized spacial score (nSPS) is 15.4. The van der Waals surface area contributed by atoms with Gasteiger partial charge in [0.15, 0.2) is 11.5 Å². The van der Waals surface area contributed by atoms with Crippen molar-refractivity contribution >= 4 is 28.4 Å². The van der Waals surface area contributed by atoms with Crippen LogP contribution in [0.2, 0.25) is 0 Å². The van der Waals surface area contributed by atoms with Crippen LogP contribution in [0.25, 0.3) is 45.2 Å². The van der Waals surface area contributed by atoms with Gasteiger partial charge in [0.2, 0.25) is 0 Å². The summed E-state index contributed by atoms with van der Waals surface area (Å²) < 4.78 is 7.53. The van der Waals surface area contributed by atoms with Crippen molar-refractivity contribution in [3.05, 3.63) is 78.8 Å². The van der Waals surface area contributed by atoms with E-state index in [0.29, 0.717) is 30.5 Å². The molecular weight excluding hydrogens is 476 g/mol. The molecule has 0 atom stereocenters. The molecule has 2 aliphatic rings. The molecule has 0 bridgehead atoms. The number of nitrogens with zero attached hydrogens (tertiary/aromatic N) is 7. The number of allylic oxidation sites excluding steroid dienone is 2. The maximum Gasteiger partial charge on any atom is 0.165 e. The third kappa shape index (κ3) is 3.97. The maximum absolute atomic E-state index is 6.30. The molecule has 2 N–H and O–H groups in total. The first kappa shape index (κ1) is 22.6. The van der Waals surface area contributed by atoms with Gasteiger partial charge in [-0.25, -0.2) is 19.9 Å². The summed E-state index contributed by atoms with van der Waals surface area (Å²) >= 11 is 0. The quantitative estimate of drug-likeness (QED) is 0.373. The van der Waals surface area contributed by atoms with Crippen molar-refractivity contribution in [1.29, 1.82) is 0 Å². The van der Waals surface area contributed by atoms with Crippen LogP contribution in [0, 0.1) is 0 Å². The van der Waals surface area contributed by atoms with E-state index in [1.54, 1.807) is 18.6 Å². The maximum atomic E-state index is 6.30. The molecule has 0 unspecified atom stereocenters. The Morgan fingerprint density at radius 1 is 0.868 bits per heavy atom. The number of aromatic nitrogens is 6. The molecule has 1 aromatic carbocycles. The fraction of sp³-hybridized carbons (Fsp3) is 0.207. The van der Waals surface area contributed by atoms with Crippen LogP contribution in [-0.2, 0) is 4.74 Å². The lowest BCUT2D eigenvalue weighted by Crippen LogP contribution is -2.36. The Balaban J connectivity index is 1.37. The van der Waals surface area contributed by atoms with Gasteiger partial charge in [0, 0.05) is 25.0 Å². The van der Waals surface area contributed by atoms with Crippen LogP contribution in [0.15, 0.2) is 73.2 Å². The van der Waals surface area contributed by atoms with Gasteiger partial charge >= 0.3 is 0 Å². The van der Waals surface area contributed by atoms with Crippen LogP contribution >= 0.6 is 0 Å². The number of nitrogens with two attached hydrogens (primary N) is 1. The van der Waals surface area contributed by atoms with Crippen molar-refractivity contribution in [1.82, 2.24) is 29.5 Å². The van der Waals surface area contributed by atoms with Crippen LogP contribution in [0.1, 0.15) is 18.4 Å². The number of hydrogen-bond donors (Lipinski definition) is 1. The molecule has 5 aromatic rings. The zero-order chi connectivity index (χ0) is 25.5.